The number of hydrogen-bond donors (Lipinski definition) is 1. The van der Waals surface area contributed by atoms with Crippen LogP contribution in [0.4, 0.5) is 0 Å². The van der Waals surface area contributed by atoms with Crippen LogP contribution in [0.25, 0.3) is 10.2 Å². The van der Waals surface area contributed by atoms with Crippen molar-refractivity contribution in [3.8, 4) is 11.5 Å². The second kappa shape index (κ2) is 5.97. The molecule has 0 radical (unpaired) electrons. The summed E-state index contributed by atoms with van der Waals surface area (Å²) in [6.45, 7) is -0.0648. The molecule has 122 valence electrons. The summed E-state index contributed by atoms with van der Waals surface area (Å²) in [6.07, 6.45) is -0.850. The molecule has 0 saturated carbocycles. The van der Waals surface area contributed by atoms with Crippen molar-refractivity contribution in [2.45, 2.75) is 12.7 Å². The van der Waals surface area contributed by atoms with E-state index in [1.807, 2.05) is 6.07 Å². The Labute approximate surface area is 139 Å². The van der Waals surface area contributed by atoms with Gasteiger partial charge in [-0.1, -0.05) is 12.1 Å². The van der Waals surface area contributed by atoms with Crippen molar-refractivity contribution in [1.29, 1.82) is 0 Å². The first-order valence-corrected chi connectivity index (χ1v) is 8.10. The van der Waals surface area contributed by atoms with Gasteiger partial charge in [0.05, 0.1) is 5.52 Å². The highest BCUT2D eigenvalue weighted by Crippen LogP contribution is 2.31. The van der Waals surface area contributed by atoms with E-state index in [4.69, 9.17) is 14.2 Å². The molecule has 4 rings (SSSR count). The lowest BCUT2D eigenvalue weighted by Gasteiger charge is -2.24. The predicted molar refractivity (Wildman–Crippen MR) is 86.4 cm³/mol. The summed E-state index contributed by atoms with van der Waals surface area (Å²) in [6, 6.07) is 8.85. The van der Waals surface area contributed by atoms with E-state index in [0.717, 1.165) is 0 Å². The fourth-order valence-corrected chi connectivity index (χ4v) is 3.08. The van der Waals surface area contributed by atoms with Crippen LogP contribution < -0.4 is 15.0 Å². The number of ether oxygens (including phenoxy) is 3. The monoisotopic (exact) mass is 344 g/mol. The number of carbonyl (C=O) groups excluding carboxylic acids is 1. The van der Waals surface area contributed by atoms with Crippen molar-refractivity contribution >= 4 is 27.5 Å². The smallest absolute Gasteiger partial charge is 0.351 e. The van der Waals surface area contributed by atoms with Crippen LogP contribution in [-0.4, -0.2) is 28.6 Å². The first-order chi connectivity index (χ1) is 11.7. The minimum Gasteiger partial charge on any atom is -0.485 e. The summed E-state index contributed by atoms with van der Waals surface area (Å²) in [5, 5.41) is 1.79. The van der Waals surface area contributed by atoms with Gasteiger partial charge in [-0.15, -0.1) is 11.3 Å². The molecule has 0 aliphatic carbocycles. The largest absolute Gasteiger partial charge is 0.485 e. The third-order valence-corrected chi connectivity index (χ3v) is 4.39. The van der Waals surface area contributed by atoms with Crippen molar-refractivity contribution in [1.82, 2.24) is 9.97 Å². The normalized spacial score (nSPS) is 16.1. The highest BCUT2D eigenvalue weighted by molar-refractivity contribution is 7.17. The zero-order valence-electron chi connectivity index (χ0n) is 12.4. The zero-order chi connectivity index (χ0) is 16.5. The predicted octanol–water partition coefficient (Wildman–Crippen LogP) is 1.87. The zero-order valence-corrected chi connectivity index (χ0v) is 13.2. The van der Waals surface area contributed by atoms with E-state index in [-0.39, 0.29) is 24.6 Å². The average molecular weight is 344 g/mol. The number of fused-ring (bicyclic) bond motifs is 2. The summed E-state index contributed by atoms with van der Waals surface area (Å²) in [5.41, 5.74) is 0.341. The van der Waals surface area contributed by atoms with Crippen LogP contribution in [0.3, 0.4) is 0 Å². The van der Waals surface area contributed by atoms with Crippen LogP contribution in [0.5, 0.6) is 11.5 Å². The minimum atomic E-state index is -0.850. The number of nitrogens with zero attached hydrogens (tertiary/aromatic N) is 1. The molecule has 8 heteroatoms. The fraction of sp³-hybridized carbons (Fsp3) is 0.188. The number of carbonyl (C=O) groups is 1. The maximum atomic E-state index is 12.1. The molecule has 0 bridgehead atoms. The Hall–Kier alpha value is -2.87. The lowest BCUT2D eigenvalue weighted by Crippen LogP contribution is -2.37. The third kappa shape index (κ3) is 2.71. The van der Waals surface area contributed by atoms with Gasteiger partial charge >= 0.3 is 5.97 Å². The number of para-hydroxylation sites is 2. The summed E-state index contributed by atoms with van der Waals surface area (Å²) < 4.78 is 16.8. The molecule has 24 heavy (non-hydrogen) atoms. The summed E-state index contributed by atoms with van der Waals surface area (Å²) in [5.74, 6) is 0.807. The summed E-state index contributed by atoms with van der Waals surface area (Å²) in [4.78, 5) is 30.9. The lowest BCUT2D eigenvalue weighted by atomic mass is 10.2. The van der Waals surface area contributed by atoms with E-state index >= 15 is 0 Å². The maximum Gasteiger partial charge on any atom is 0.351 e. The van der Waals surface area contributed by atoms with Gasteiger partial charge in [-0.25, -0.2) is 9.78 Å². The van der Waals surface area contributed by atoms with Gasteiger partial charge in [-0.3, -0.25) is 4.79 Å². The number of benzene rings is 1. The van der Waals surface area contributed by atoms with Crippen molar-refractivity contribution in [2.24, 2.45) is 0 Å². The Morgan fingerprint density at radius 1 is 1.33 bits per heavy atom. The van der Waals surface area contributed by atoms with Gasteiger partial charge in [0.15, 0.2) is 11.5 Å². The van der Waals surface area contributed by atoms with Crippen molar-refractivity contribution in [3.63, 3.8) is 0 Å². The van der Waals surface area contributed by atoms with Gasteiger partial charge in [-0.05, 0) is 23.6 Å². The Morgan fingerprint density at radius 3 is 3.04 bits per heavy atom. The molecular formula is C16H12N2O5S. The Kier molecular flexibility index (Phi) is 3.66. The minimum absolute atomic E-state index is 0.0728. The number of nitrogens with one attached hydrogen (secondary N) is 1. The fourth-order valence-electron chi connectivity index (χ4n) is 2.36. The number of esters is 1. The molecular weight excluding hydrogens is 332 g/mol. The first kappa shape index (κ1) is 14.7. The number of aromatic amines is 1. The molecule has 1 aliphatic rings. The van der Waals surface area contributed by atoms with Gasteiger partial charge in [-0.2, -0.15) is 0 Å². The Bertz CT molecular complexity index is 964. The molecule has 2 aromatic heterocycles. The SMILES string of the molecule is O=C(OCc1nc2ccsc2c(=O)[nH]1)[C@H]1COc2ccccc2O1. The van der Waals surface area contributed by atoms with E-state index < -0.39 is 12.1 Å². The van der Waals surface area contributed by atoms with Crippen LogP contribution in [-0.2, 0) is 16.1 Å². The average Bonchev–Trinajstić information content (AvgIpc) is 3.08. The van der Waals surface area contributed by atoms with Gasteiger partial charge in [0.1, 0.15) is 23.7 Å². The molecule has 0 saturated heterocycles. The molecule has 0 spiro atoms. The highest BCUT2D eigenvalue weighted by atomic mass is 32.1. The van der Waals surface area contributed by atoms with Gasteiger partial charge in [0, 0.05) is 0 Å². The van der Waals surface area contributed by atoms with E-state index in [2.05, 4.69) is 9.97 Å². The standard InChI is InChI=1S/C16H12N2O5S/c19-15-14-9(5-6-24-14)17-13(18-15)8-22-16(20)12-7-21-10-3-1-2-4-11(10)23-12/h1-6,12H,7-8H2,(H,17,18,19)/t12-/m1/s1. The van der Waals surface area contributed by atoms with Crippen molar-refractivity contribution < 1.29 is 19.0 Å². The number of thiophene rings is 1. The van der Waals surface area contributed by atoms with E-state index in [9.17, 15) is 9.59 Å². The molecule has 0 unspecified atom stereocenters. The van der Waals surface area contributed by atoms with Crippen LogP contribution in [0.1, 0.15) is 5.82 Å². The van der Waals surface area contributed by atoms with Gasteiger partial charge in [0.2, 0.25) is 6.10 Å². The van der Waals surface area contributed by atoms with Crippen LogP contribution >= 0.6 is 11.3 Å². The molecule has 0 amide bonds. The molecule has 0 fully saturated rings. The van der Waals surface area contributed by atoms with E-state index in [1.54, 1.807) is 29.6 Å². The topological polar surface area (TPSA) is 90.5 Å². The van der Waals surface area contributed by atoms with E-state index in [0.29, 0.717) is 21.7 Å². The summed E-state index contributed by atoms with van der Waals surface area (Å²) in [7, 11) is 0. The number of rotatable bonds is 3. The van der Waals surface area contributed by atoms with Gasteiger partial charge in [0.25, 0.3) is 5.56 Å². The molecule has 1 aromatic carbocycles. The van der Waals surface area contributed by atoms with E-state index in [1.165, 1.54) is 11.3 Å². The second-order valence-electron chi connectivity index (χ2n) is 5.12. The molecule has 3 heterocycles. The first-order valence-electron chi connectivity index (χ1n) is 7.22. The van der Waals surface area contributed by atoms with Crippen LogP contribution in [0.15, 0.2) is 40.5 Å². The molecule has 3 aromatic rings. The highest BCUT2D eigenvalue weighted by Gasteiger charge is 2.28. The number of H-pyrrole nitrogens is 1. The molecule has 7 nitrogen and oxygen atoms in total. The molecule has 1 N–H and O–H groups in total. The third-order valence-electron chi connectivity index (χ3n) is 3.49. The lowest BCUT2D eigenvalue weighted by molar-refractivity contribution is -0.156. The van der Waals surface area contributed by atoms with Crippen LogP contribution in [0.2, 0.25) is 0 Å². The van der Waals surface area contributed by atoms with Gasteiger partial charge < -0.3 is 19.2 Å². The van der Waals surface area contributed by atoms with Crippen molar-refractivity contribution in [3.05, 3.63) is 51.9 Å². The van der Waals surface area contributed by atoms with Crippen molar-refractivity contribution in [2.75, 3.05) is 6.61 Å². The Balaban J connectivity index is 1.44. The Morgan fingerprint density at radius 2 is 2.17 bits per heavy atom. The number of aromatic nitrogens is 2. The van der Waals surface area contributed by atoms with Crippen LogP contribution in [0, 0.1) is 0 Å². The maximum absolute atomic E-state index is 12.1. The second-order valence-corrected chi connectivity index (χ2v) is 6.04. The number of hydrogen-bond acceptors (Lipinski definition) is 7. The molecule has 1 aliphatic heterocycles. The molecule has 1 atom stereocenters. The quantitative estimate of drug-likeness (QED) is 0.730. The summed E-state index contributed by atoms with van der Waals surface area (Å²) >= 11 is 1.31.